The van der Waals surface area contributed by atoms with E-state index < -0.39 is 12.1 Å². The van der Waals surface area contributed by atoms with E-state index in [1.54, 1.807) is 0 Å². The van der Waals surface area contributed by atoms with Crippen molar-refractivity contribution in [1.29, 1.82) is 0 Å². The molecular formula is C76H151NO5. The Kier molecular flexibility index (Phi) is 71.3. The van der Waals surface area contributed by atoms with Gasteiger partial charge in [-0.15, -0.1) is 0 Å². The fraction of sp³-hybridized carbons (Fsp3) is 0.974. The van der Waals surface area contributed by atoms with Crippen LogP contribution in [0.15, 0.2) is 0 Å². The fourth-order valence-corrected chi connectivity index (χ4v) is 12.6. The maximum atomic E-state index is 12.4. The molecule has 0 saturated carbocycles. The minimum Gasteiger partial charge on any atom is -0.466 e. The number of unbranched alkanes of at least 4 members (excludes halogenated alkanes) is 62. The van der Waals surface area contributed by atoms with Crippen molar-refractivity contribution in [2.24, 2.45) is 0 Å². The smallest absolute Gasteiger partial charge is 0.305 e. The molecule has 0 radical (unpaired) electrons. The Labute approximate surface area is 515 Å². The molecule has 0 heterocycles. The number of rotatable bonds is 73. The van der Waals surface area contributed by atoms with E-state index in [9.17, 15) is 19.8 Å². The first kappa shape index (κ1) is 80.9. The van der Waals surface area contributed by atoms with E-state index in [2.05, 4.69) is 19.2 Å². The Morgan fingerprint density at radius 2 is 0.500 bits per heavy atom. The highest BCUT2D eigenvalue weighted by atomic mass is 16.5. The monoisotopic (exact) mass is 1160 g/mol. The molecule has 490 valence electrons. The topological polar surface area (TPSA) is 95.9 Å². The first-order valence-electron chi connectivity index (χ1n) is 38.3. The predicted octanol–water partition coefficient (Wildman–Crippen LogP) is 24.9. The minimum absolute atomic E-state index is 0.0285. The van der Waals surface area contributed by atoms with E-state index in [0.717, 1.165) is 38.5 Å². The summed E-state index contributed by atoms with van der Waals surface area (Å²) in [5, 5.41) is 23.2. The number of hydrogen-bond donors (Lipinski definition) is 3. The van der Waals surface area contributed by atoms with Crippen molar-refractivity contribution < 1.29 is 24.5 Å². The third kappa shape index (κ3) is 68.0. The molecule has 0 aliphatic rings. The molecule has 0 saturated heterocycles. The lowest BCUT2D eigenvalue weighted by Gasteiger charge is -2.22. The van der Waals surface area contributed by atoms with Gasteiger partial charge in [-0.3, -0.25) is 9.59 Å². The first-order valence-corrected chi connectivity index (χ1v) is 38.3. The molecule has 2 atom stereocenters. The van der Waals surface area contributed by atoms with Crippen LogP contribution in [0.5, 0.6) is 0 Å². The second-order valence-electron chi connectivity index (χ2n) is 26.7. The van der Waals surface area contributed by atoms with E-state index in [0.29, 0.717) is 25.9 Å². The molecule has 2 unspecified atom stereocenters. The SMILES string of the molecule is CCCCCCCCCCCCCCCCCCCC(=O)OCCCCCCCCCCCCCCCCCCCCCCCCCCCCCCCCCCCCCCCCCC(=O)NC(CO)C(O)CCCCCCCCCCC. The van der Waals surface area contributed by atoms with Gasteiger partial charge in [0.05, 0.1) is 25.4 Å². The standard InChI is InChI=1S/C76H151NO5/c1-3-5-7-9-11-13-14-15-16-40-44-47-50-54-58-62-66-70-76(81)82-71-67-63-59-55-51-48-45-42-39-37-35-33-31-29-27-25-23-21-19-17-18-20-22-24-26-28-30-32-34-36-38-41-43-46-49-53-57-61-65-69-75(80)77-73(72-78)74(79)68-64-60-56-52-12-10-8-6-4-2/h73-74,78-79H,3-72H2,1-2H3,(H,77,80). The van der Waals surface area contributed by atoms with Crippen molar-refractivity contribution in [2.75, 3.05) is 13.2 Å². The van der Waals surface area contributed by atoms with Crippen LogP contribution in [0.25, 0.3) is 0 Å². The Morgan fingerprint density at radius 3 is 0.744 bits per heavy atom. The molecule has 1 amide bonds. The predicted molar refractivity (Wildman–Crippen MR) is 361 cm³/mol. The van der Waals surface area contributed by atoms with E-state index in [1.165, 1.54) is 379 Å². The van der Waals surface area contributed by atoms with Gasteiger partial charge in [0.2, 0.25) is 5.91 Å². The molecule has 82 heavy (non-hydrogen) atoms. The van der Waals surface area contributed by atoms with Crippen LogP contribution < -0.4 is 5.32 Å². The number of aliphatic hydroxyl groups excluding tert-OH is 2. The maximum absolute atomic E-state index is 12.4. The quantitative estimate of drug-likeness (QED) is 0.0417. The Bertz CT molecular complexity index is 1200. The zero-order valence-electron chi connectivity index (χ0n) is 56.3. The summed E-state index contributed by atoms with van der Waals surface area (Å²) in [6.07, 6.45) is 89.3. The second kappa shape index (κ2) is 72.3. The van der Waals surface area contributed by atoms with Gasteiger partial charge in [-0.1, -0.05) is 412 Å². The van der Waals surface area contributed by atoms with Crippen molar-refractivity contribution in [3.63, 3.8) is 0 Å². The summed E-state index contributed by atoms with van der Waals surface area (Å²) in [5.41, 5.74) is 0. The fourth-order valence-electron chi connectivity index (χ4n) is 12.6. The normalized spacial score (nSPS) is 12.4. The molecule has 6 heteroatoms. The second-order valence-corrected chi connectivity index (χ2v) is 26.7. The van der Waals surface area contributed by atoms with E-state index >= 15 is 0 Å². The van der Waals surface area contributed by atoms with Crippen molar-refractivity contribution >= 4 is 11.9 Å². The number of esters is 1. The van der Waals surface area contributed by atoms with Crippen LogP contribution in [0, 0.1) is 0 Å². The molecule has 0 aromatic heterocycles. The van der Waals surface area contributed by atoms with Crippen molar-refractivity contribution in [2.45, 2.75) is 463 Å². The summed E-state index contributed by atoms with van der Waals surface area (Å²) >= 11 is 0. The molecular weight excluding hydrogens is 1010 g/mol. The van der Waals surface area contributed by atoms with Gasteiger partial charge in [-0.05, 0) is 25.7 Å². The van der Waals surface area contributed by atoms with Crippen LogP contribution in [0.3, 0.4) is 0 Å². The molecule has 0 aromatic carbocycles. The average molecular weight is 1160 g/mol. The number of ether oxygens (including phenoxy) is 1. The summed E-state index contributed by atoms with van der Waals surface area (Å²) in [6, 6.07) is -0.533. The lowest BCUT2D eigenvalue weighted by atomic mass is 10.0. The van der Waals surface area contributed by atoms with Gasteiger partial charge in [0, 0.05) is 12.8 Å². The maximum Gasteiger partial charge on any atom is 0.305 e. The summed E-state index contributed by atoms with van der Waals surface area (Å²) in [6.45, 7) is 4.98. The third-order valence-corrected chi connectivity index (χ3v) is 18.4. The van der Waals surface area contributed by atoms with Crippen LogP contribution in [-0.2, 0) is 14.3 Å². The summed E-state index contributed by atoms with van der Waals surface area (Å²) in [5.74, 6) is 0.000663. The number of nitrogens with one attached hydrogen (secondary N) is 1. The van der Waals surface area contributed by atoms with Gasteiger partial charge in [0.1, 0.15) is 0 Å². The van der Waals surface area contributed by atoms with Gasteiger partial charge in [0.25, 0.3) is 0 Å². The van der Waals surface area contributed by atoms with Crippen LogP contribution in [0.2, 0.25) is 0 Å². The lowest BCUT2D eigenvalue weighted by molar-refractivity contribution is -0.143. The molecule has 0 aromatic rings. The molecule has 0 fully saturated rings. The van der Waals surface area contributed by atoms with Crippen molar-refractivity contribution in [3.05, 3.63) is 0 Å². The molecule has 0 spiro atoms. The number of hydrogen-bond acceptors (Lipinski definition) is 5. The van der Waals surface area contributed by atoms with Crippen LogP contribution in [0.1, 0.15) is 450 Å². The van der Waals surface area contributed by atoms with Crippen LogP contribution in [0.4, 0.5) is 0 Å². The van der Waals surface area contributed by atoms with Gasteiger partial charge in [-0.25, -0.2) is 0 Å². The molecule has 0 aliphatic heterocycles. The lowest BCUT2D eigenvalue weighted by Crippen LogP contribution is -2.45. The summed E-state index contributed by atoms with van der Waals surface area (Å²) in [7, 11) is 0. The highest BCUT2D eigenvalue weighted by molar-refractivity contribution is 5.76. The summed E-state index contributed by atoms with van der Waals surface area (Å²) in [4.78, 5) is 24.5. The van der Waals surface area contributed by atoms with Gasteiger partial charge in [0.15, 0.2) is 0 Å². The van der Waals surface area contributed by atoms with E-state index in [-0.39, 0.29) is 18.5 Å². The number of carbonyl (C=O) groups excluding carboxylic acids is 2. The average Bonchev–Trinajstić information content (AvgIpc) is 3.48. The van der Waals surface area contributed by atoms with Crippen LogP contribution >= 0.6 is 0 Å². The number of amides is 1. The highest BCUT2D eigenvalue weighted by Gasteiger charge is 2.20. The molecule has 0 rings (SSSR count). The Hall–Kier alpha value is -1.14. The highest BCUT2D eigenvalue weighted by Crippen LogP contribution is 2.20. The van der Waals surface area contributed by atoms with Crippen LogP contribution in [-0.4, -0.2) is 47.4 Å². The molecule has 0 aliphatic carbocycles. The largest absolute Gasteiger partial charge is 0.466 e. The third-order valence-electron chi connectivity index (χ3n) is 18.4. The minimum atomic E-state index is -0.656. The number of aliphatic hydroxyl groups is 2. The zero-order valence-corrected chi connectivity index (χ0v) is 56.3. The van der Waals surface area contributed by atoms with Crippen molar-refractivity contribution in [1.82, 2.24) is 5.32 Å². The van der Waals surface area contributed by atoms with Gasteiger partial charge < -0.3 is 20.3 Å². The van der Waals surface area contributed by atoms with Crippen molar-refractivity contribution in [3.8, 4) is 0 Å². The Balaban J connectivity index is 3.24. The van der Waals surface area contributed by atoms with Gasteiger partial charge >= 0.3 is 5.97 Å². The van der Waals surface area contributed by atoms with E-state index in [4.69, 9.17) is 4.74 Å². The zero-order chi connectivity index (χ0) is 59.2. The van der Waals surface area contributed by atoms with E-state index in [1.807, 2.05) is 0 Å². The molecule has 6 nitrogen and oxygen atoms in total. The first-order chi connectivity index (χ1) is 40.5. The molecule has 3 N–H and O–H groups in total. The Morgan fingerprint density at radius 1 is 0.293 bits per heavy atom. The van der Waals surface area contributed by atoms with Gasteiger partial charge in [-0.2, -0.15) is 0 Å². The number of carbonyl (C=O) groups is 2. The summed E-state index contributed by atoms with van der Waals surface area (Å²) < 4.78 is 5.52. The molecule has 0 bridgehead atoms.